The molecule has 106 valence electrons. The number of carbonyl (C=O) groups is 1. The number of furan rings is 2. The van der Waals surface area contributed by atoms with Crippen LogP contribution < -0.4 is 5.32 Å². The van der Waals surface area contributed by atoms with Gasteiger partial charge in [0.2, 0.25) is 5.91 Å². The normalized spacial score (nSPS) is 11.0. The Balaban J connectivity index is 1.54. The van der Waals surface area contributed by atoms with Crippen LogP contribution in [-0.2, 0) is 11.3 Å². The second-order valence-electron chi connectivity index (χ2n) is 4.39. The largest absolute Gasteiger partial charge is 0.472 e. The Morgan fingerprint density at radius 1 is 1.29 bits per heavy atom. The lowest BCUT2D eigenvalue weighted by Crippen LogP contribution is -2.19. The Morgan fingerprint density at radius 3 is 3.00 bits per heavy atom. The molecule has 4 nitrogen and oxygen atoms in total. The monoisotopic (exact) mass is 299 g/mol. The zero-order valence-corrected chi connectivity index (χ0v) is 11.9. The van der Waals surface area contributed by atoms with Gasteiger partial charge < -0.3 is 14.2 Å². The molecule has 3 rings (SSSR count). The van der Waals surface area contributed by atoms with Crippen molar-refractivity contribution in [1.29, 1.82) is 0 Å². The molecule has 0 unspecified atom stereocenters. The van der Waals surface area contributed by atoms with E-state index < -0.39 is 0 Å². The summed E-state index contributed by atoms with van der Waals surface area (Å²) in [5.41, 5.74) is 1.90. The van der Waals surface area contributed by atoms with Gasteiger partial charge in [-0.15, -0.1) is 0 Å². The average Bonchev–Trinajstić information content (AvgIpc) is 3.24. The van der Waals surface area contributed by atoms with E-state index in [1.807, 2.05) is 35.0 Å². The third-order valence-electron chi connectivity index (χ3n) is 2.87. The van der Waals surface area contributed by atoms with Crippen molar-refractivity contribution < 1.29 is 13.6 Å². The SMILES string of the molecule is O=C(/C=C/c1ccsc1)NCc1ccc(-c2ccoc2)o1. The van der Waals surface area contributed by atoms with Crippen molar-refractivity contribution in [2.75, 3.05) is 0 Å². The minimum absolute atomic E-state index is 0.150. The van der Waals surface area contributed by atoms with Crippen molar-refractivity contribution in [3.8, 4) is 11.3 Å². The summed E-state index contributed by atoms with van der Waals surface area (Å²) in [4.78, 5) is 11.7. The van der Waals surface area contributed by atoms with E-state index in [1.54, 1.807) is 29.9 Å². The molecule has 3 heterocycles. The number of amides is 1. The van der Waals surface area contributed by atoms with E-state index in [0.717, 1.165) is 16.9 Å². The average molecular weight is 299 g/mol. The molecule has 0 spiro atoms. The van der Waals surface area contributed by atoms with Crippen LogP contribution in [0.15, 0.2) is 62.5 Å². The van der Waals surface area contributed by atoms with Gasteiger partial charge in [-0.3, -0.25) is 4.79 Å². The van der Waals surface area contributed by atoms with E-state index in [-0.39, 0.29) is 5.91 Å². The Hall–Kier alpha value is -2.53. The number of nitrogens with one attached hydrogen (secondary N) is 1. The van der Waals surface area contributed by atoms with E-state index in [2.05, 4.69) is 5.32 Å². The molecule has 21 heavy (non-hydrogen) atoms. The molecule has 1 N–H and O–H groups in total. The number of carbonyl (C=O) groups excluding carboxylic acids is 1. The van der Waals surface area contributed by atoms with Crippen LogP contribution in [0.2, 0.25) is 0 Å². The van der Waals surface area contributed by atoms with Gasteiger partial charge in [-0.1, -0.05) is 0 Å². The summed E-state index contributed by atoms with van der Waals surface area (Å²) < 4.78 is 10.6. The van der Waals surface area contributed by atoms with Crippen molar-refractivity contribution in [2.24, 2.45) is 0 Å². The van der Waals surface area contributed by atoms with E-state index in [4.69, 9.17) is 8.83 Å². The zero-order chi connectivity index (χ0) is 14.5. The van der Waals surface area contributed by atoms with Crippen molar-refractivity contribution in [3.05, 3.63) is 65.0 Å². The van der Waals surface area contributed by atoms with Crippen LogP contribution in [0.5, 0.6) is 0 Å². The topological polar surface area (TPSA) is 55.4 Å². The second kappa shape index (κ2) is 6.28. The number of hydrogen-bond acceptors (Lipinski definition) is 4. The first-order valence-electron chi connectivity index (χ1n) is 6.41. The highest BCUT2D eigenvalue weighted by molar-refractivity contribution is 7.08. The summed E-state index contributed by atoms with van der Waals surface area (Å²) in [6.45, 7) is 0.352. The van der Waals surface area contributed by atoms with Gasteiger partial charge in [0.15, 0.2) is 0 Å². The Morgan fingerprint density at radius 2 is 2.24 bits per heavy atom. The molecule has 0 saturated carbocycles. The van der Waals surface area contributed by atoms with Gasteiger partial charge >= 0.3 is 0 Å². The maximum atomic E-state index is 11.7. The fourth-order valence-corrected chi connectivity index (χ4v) is 2.44. The van der Waals surface area contributed by atoms with Crippen LogP contribution >= 0.6 is 11.3 Å². The number of rotatable bonds is 5. The Labute approximate surface area is 125 Å². The number of thiophene rings is 1. The van der Waals surface area contributed by atoms with E-state index >= 15 is 0 Å². The first-order valence-corrected chi connectivity index (χ1v) is 7.35. The van der Waals surface area contributed by atoms with Crippen LogP contribution in [0.1, 0.15) is 11.3 Å². The van der Waals surface area contributed by atoms with E-state index in [1.165, 1.54) is 6.08 Å². The highest BCUT2D eigenvalue weighted by Crippen LogP contribution is 2.22. The van der Waals surface area contributed by atoms with E-state index in [9.17, 15) is 4.79 Å². The van der Waals surface area contributed by atoms with E-state index in [0.29, 0.717) is 12.3 Å². The van der Waals surface area contributed by atoms with Crippen molar-refractivity contribution in [2.45, 2.75) is 6.54 Å². The fourth-order valence-electron chi connectivity index (χ4n) is 1.81. The fraction of sp³-hybridized carbons (Fsp3) is 0.0625. The molecule has 3 aromatic rings. The molecule has 1 amide bonds. The molecule has 0 atom stereocenters. The minimum atomic E-state index is -0.150. The molecule has 0 fully saturated rings. The third kappa shape index (κ3) is 3.52. The van der Waals surface area contributed by atoms with Crippen molar-refractivity contribution >= 4 is 23.3 Å². The van der Waals surface area contributed by atoms with Gasteiger partial charge in [0, 0.05) is 6.08 Å². The summed E-state index contributed by atoms with van der Waals surface area (Å²) in [5.74, 6) is 1.27. The van der Waals surface area contributed by atoms with Crippen molar-refractivity contribution in [1.82, 2.24) is 5.32 Å². The summed E-state index contributed by atoms with van der Waals surface area (Å²) in [6.07, 6.45) is 6.51. The summed E-state index contributed by atoms with van der Waals surface area (Å²) in [6, 6.07) is 7.47. The van der Waals surface area contributed by atoms with Crippen LogP contribution in [0.25, 0.3) is 17.4 Å². The Bertz CT molecular complexity index is 724. The molecular weight excluding hydrogens is 286 g/mol. The second-order valence-corrected chi connectivity index (χ2v) is 5.17. The van der Waals surface area contributed by atoms with Gasteiger partial charge in [-0.25, -0.2) is 0 Å². The molecule has 5 heteroatoms. The summed E-state index contributed by atoms with van der Waals surface area (Å²) in [5, 5.41) is 6.73. The lowest BCUT2D eigenvalue weighted by atomic mass is 10.3. The van der Waals surface area contributed by atoms with Crippen molar-refractivity contribution in [3.63, 3.8) is 0 Å². The van der Waals surface area contributed by atoms with Crippen LogP contribution in [0.4, 0.5) is 0 Å². The quantitative estimate of drug-likeness (QED) is 0.726. The third-order valence-corrected chi connectivity index (χ3v) is 3.58. The first kappa shape index (κ1) is 13.5. The van der Waals surface area contributed by atoms with Gasteiger partial charge in [0.25, 0.3) is 0 Å². The smallest absolute Gasteiger partial charge is 0.244 e. The predicted octanol–water partition coefficient (Wildman–Crippen LogP) is 3.93. The molecule has 3 aromatic heterocycles. The van der Waals surface area contributed by atoms with Gasteiger partial charge in [-0.2, -0.15) is 11.3 Å². The molecule has 0 aliphatic rings. The lowest BCUT2D eigenvalue weighted by Gasteiger charge is -1.98. The van der Waals surface area contributed by atoms with Crippen LogP contribution in [0.3, 0.4) is 0 Å². The van der Waals surface area contributed by atoms with Gasteiger partial charge in [0.1, 0.15) is 17.8 Å². The number of hydrogen-bond donors (Lipinski definition) is 1. The predicted molar refractivity (Wildman–Crippen MR) is 81.6 cm³/mol. The highest BCUT2D eigenvalue weighted by Gasteiger charge is 2.06. The standard InChI is InChI=1S/C16H13NO3S/c18-16(4-1-12-6-8-21-11-12)17-9-14-2-3-15(20-14)13-5-7-19-10-13/h1-8,10-11H,9H2,(H,17,18)/b4-1+. The van der Waals surface area contributed by atoms with Gasteiger partial charge in [0.05, 0.1) is 18.4 Å². The summed E-state index contributed by atoms with van der Waals surface area (Å²) >= 11 is 1.60. The molecule has 0 aliphatic carbocycles. The zero-order valence-electron chi connectivity index (χ0n) is 11.1. The molecular formula is C16H13NO3S. The first-order chi connectivity index (χ1) is 10.3. The lowest BCUT2D eigenvalue weighted by molar-refractivity contribution is -0.116. The minimum Gasteiger partial charge on any atom is -0.472 e. The molecule has 0 saturated heterocycles. The highest BCUT2D eigenvalue weighted by atomic mass is 32.1. The van der Waals surface area contributed by atoms with Crippen LogP contribution in [0, 0.1) is 0 Å². The van der Waals surface area contributed by atoms with Gasteiger partial charge in [-0.05, 0) is 46.7 Å². The maximum Gasteiger partial charge on any atom is 0.244 e. The maximum absolute atomic E-state index is 11.7. The van der Waals surface area contributed by atoms with Crippen LogP contribution in [-0.4, -0.2) is 5.91 Å². The summed E-state index contributed by atoms with van der Waals surface area (Å²) in [7, 11) is 0. The molecule has 0 bridgehead atoms. The Kier molecular flexibility index (Phi) is 4.02. The molecule has 0 radical (unpaired) electrons. The molecule has 0 aliphatic heterocycles. The molecule has 0 aromatic carbocycles.